The summed E-state index contributed by atoms with van der Waals surface area (Å²) in [6.45, 7) is 2.18. The highest BCUT2D eigenvalue weighted by atomic mass is 15.2. The molecule has 0 aliphatic heterocycles. The molecule has 0 saturated carbocycles. The molecule has 38 heavy (non-hydrogen) atoms. The van der Waals surface area contributed by atoms with E-state index in [4.69, 9.17) is 0 Å². The third-order valence-corrected chi connectivity index (χ3v) is 7.56. The number of allylic oxidation sites excluding steroid dienone is 2. The van der Waals surface area contributed by atoms with Gasteiger partial charge in [0.15, 0.2) is 0 Å². The fourth-order valence-corrected chi connectivity index (χ4v) is 5.71. The minimum Gasteiger partial charge on any atom is -0.303 e. The van der Waals surface area contributed by atoms with Crippen LogP contribution in [-0.4, -0.2) is 4.57 Å². The van der Waals surface area contributed by atoms with E-state index < -0.39 is 0 Å². The molecule has 0 fully saturated rings. The molecule has 7 rings (SSSR count). The van der Waals surface area contributed by atoms with E-state index in [2.05, 4.69) is 150 Å². The largest absolute Gasteiger partial charge is 0.303 e. The molecule has 0 bridgehead atoms. The van der Waals surface area contributed by atoms with Gasteiger partial charge in [-0.25, -0.2) is 0 Å². The van der Waals surface area contributed by atoms with Gasteiger partial charge < -0.3 is 9.47 Å². The number of fused-ring (bicyclic) bond motifs is 3. The smallest absolute Gasteiger partial charge is 0.0989 e. The van der Waals surface area contributed by atoms with Gasteiger partial charge in [-0.05, 0) is 84.5 Å². The molecule has 0 atom stereocenters. The van der Waals surface area contributed by atoms with Crippen molar-refractivity contribution in [1.82, 2.24) is 4.57 Å². The summed E-state index contributed by atoms with van der Waals surface area (Å²) in [6, 6.07) is 38.7. The Bertz CT molecular complexity index is 1830. The van der Waals surface area contributed by atoms with Gasteiger partial charge in [-0.2, -0.15) is 0 Å². The van der Waals surface area contributed by atoms with Gasteiger partial charge in [0.1, 0.15) is 0 Å². The summed E-state index contributed by atoms with van der Waals surface area (Å²) in [4.78, 5) is 2.34. The maximum atomic E-state index is 3.85. The molecule has 2 aliphatic carbocycles. The van der Waals surface area contributed by atoms with Gasteiger partial charge in [0.25, 0.3) is 0 Å². The second kappa shape index (κ2) is 9.27. The molecule has 0 amide bonds. The number of para-hydroxylation sites is 2. The predicted octanol–water partition coefficient (Wildman–Crippen LogP) is 7.31. The fourth-order valence-electron chi connectivity index (χ4n) is 5.71. The molecule has 2 nitrogen and oxygen atoms in total. The Hall–Kier alpha value is -4.78. The zero-order valence-corrected chi connectivity index (χ0v) is 21.4. The average molecular weight is 489 g/mol. The average Bonchev–Trinajstić information content (AvgIpc) is 3.53. The highest BCUT2D eigenvalue weighted by Gasteiger charge is 2.22. The van der Waals surface area contributed by atoms with E-state index in [1.54, 1.807) is 0 Å². The van der Waals surface area contributed by atoms with Gasteiger partial charge in [0, 0.05) is 22.3 Å². The van der Waals surface area contributed by atoms with Gasteiger partial charge >= 0.3 is 0 Å². The Kier molecular flexibility index (Phi) is 5.47. The molecule has 0 radical (unpaired) electrons. The summed E-state index contributed by atoms with van der Waals surface area (Å²) in [7, 11) is 0. The van der Waals surface area contributed by atoms with Crippen LogP contribution in [0.25, 0.3) is 34.7 Å². The number of aromatic nitrogens is 1. The second-order valence-electron chi connectivity index (χ2n) is 9.93. The van der Waals surface area contributed by atoms with E-state index in [1.807, 2.05) is 0 Å². The van der Waals surface area contributed by atoms with Gasteiger partial charge in [-0.15, -0.1) is 0 Å². The summed E-state index contributed by atoms with van der Waals surface area (Å²) in [5.74, 6) is 0. The number of rotatable bonds is 5. The van der Waals surface area contributed by atoms with Crippen LogP contribution in [0.2, 0.25) is 0 Å². The number of hydrogen-bond acceptors (Lipinski definition) is 1. The van der Waals surface area contributed by atoms with Crippen molar-refractivity contribution < 1.29 is 0 Å². The van der Waals surface area contributed by atoms with Crippen LogP contribution in [0.15, 0.2) is 121 Å². The number of nitrogens with zero attached hydrogens (tertiary/aromatic N) is 2. The van der Waals surface area contributed by atoms with Crippen molar-refractivity contribution in [1.29, 1.82) is 0 Å². The van der Waals surface area contributed by atoms with Crippen molar-refractivity contribution >= 4 is 29.3 Å². The van der Waals surface area contributed by atoms with E-state index in [0.717, 1.165) is 35.3 Å². The first-order valence-electron chi connectivity index (χ1n) is 13.3. The zero-order valence-electron chi connectivity index (χ0n) is 21.4. The van der Waals surface area contributed by atoms with Gasteiger partial charge in [0.05, 0.1) is 16.7 Å². The number of anilines is 2. The maximum Gasteiger partial charge on any atom is 0.0989 e. The Morgan fingerprint density at radius 3 is 2.18 bits per heavy atom. The first kappa shape index (κ1) is 22.4. The van der Waals surface area contributed by atoms with Gasteiger partial charge in [-0.3, -0.25) is 0 Å². The van der Waals surface area contributed by atoms with Gasteiger partial charge in [0.2, 0.25) is 0 Å². The fraction of sp³-hybridized carbons (Fsp3) is 0.0833. The van der Waals surface area contributed by atoms with Crippen molar-refractivity contribution in [2.45, 2.75) is 19.8 Å². The van der Waals surface area contributed by atoms with Crippen LogP contribution in [-0.2, 0) is 6.42 Å². The molecule has 182 valence electrons. The molecule has 0 N–H and O–H groups in total. The van der Waals surface area contributed by atoms with Crippen molar-refractivity contribution in [3.8, 4) is 16.8 Å². The molecule has 0 saturated heterocycles. The number of benzene rings is 4. The molecule has 1 aromatic heterocycles. The number of aryl methyl sites for hydroxylation is 1. The summed E-state index contributed by atoms with van der Waals surface area (Å²) >= 11 is 0. The monoisotopic (exact) mass is 488 g/mol. The van der Waals surface area contributed by atoms with Crippen LogP contribution in [0.3, 0.4) is 0 Å². The van der Waals surface area contributed by atoms with Crippen molar-refractivity contribution in [2.75, 3.05) is 4.90 Å². The second-order valence-corrected chi connectivity index (χ2v) is 9.93. The lowest BCUT2D eigenvalue weighted by Gasteiger charge is -2.26. The third kappa shape index (κ3) is 3.75. The molecule has 0 spiro atoms. The van der Waals surface area contributed by atoms with E-state index in [9.17, 15) is 0 Å². The topological polar surface area (TPSA) is 8.17 Å². The summed E-state index contributed by atoms with van der Waals surface area (Å²) in [5, 5.41) is 2.43. The quantitative estimate of drug-likeness (QED) is 0.252. The Morgan fingerprint density at radius 2 is 1.42 bits per heavy atom. The lowest BCUT2D eigenvalue weighted by atomic mass is 10.0. The Morgan fingerprint density at radius 1 is 0.737 bits per heavy atom. The SMILES string of the molecule is Cc1ccccc1N(C1=C=c2c(c3c(n2-c2ccc(-c4ccccc4)cc2)C=CCC3)=C1)c1ccccc1. The van der Waals surface area contributed by atoms with Gasteiger partial charge in [-0.1, -0.05) is 90.7 Å². The summed E-state index contributed by atoms with van der Waals surface area (Å²) < 4.78 is 2.39. The van der Waals surface area contributed by atoms with E-state index >= 15 is 0 Å². The lowest BCUT2D eigenvalue weighted by molar-refractivity contribution is 0.949. The predicted molar refractivity (Wildman–Crippen MR) is 159 cm³/mol. The molecule has 4 aromatic carbocycles. The minimum atomic E-state index is 1.05. The molecule has 1 heterocycles. The molecule has 5 aromatic rings. The summed E-state index contributed by atoms with van der Waals surface area (Å²) in [6.07, 6.45) is 9.03. The normalized spacial score (nSPS) is 13.2. The molecular weight excluding hydrogens is 460 g/mol. The van der Waals surface area contributed by atoms with Crippen LogP contribution in [0, 0.1) is 6.92 Å². The maximum absolute atomic E-state index is 3.85. The first-order valence-corrected chi connectivity index (χ1v) is 13.3. The number of hydrogen-bond donors (Lipinski definition) is 0. The van der Waals surface area contributed by atoms with E-state index in [0.29, 0.717) is 0 Å². The Balaban J connectivity index is 1.44. The zero-order chi connectivity index (χ0) is 25.5. The van der Waals surface area contributed by atoms with E-state index in [1.165, 1.54) is 38.9 Å². The third-order valence-electron chi connectivity index (χ3n) is 7.56. The molecule has 2 heteroatoms. The van der Waals surface area contributed by atoms with Crippen LogP contribution in [0.5, 0.6) is 0 Å². The van der Waals surface area contributed by atoms with Crippen molar-refractivity contribution in [3.05, 3.63) is 148 Å². The Labute approximate surface area is 223 Å². The molecule has 2 aliphatic rings. The molecular formula is C36H28N2. The first-order chi connectivity index (χ1) is 18.8. The minimum absolute atomic E-state index is 1.05. The van der Waals surface area contributed by atoms with Crippen molar-refractivity contribution in [3.63, 3.8) is 0 Å². The van der Waals surface area contributed by atoms with E-state index in [-0.39, 0.29) is 0 Å². The lowest BCUT2D eigenvalue weighted by Crippen LogP contribution is -2.26. The standard InChI is InChI=1S/C36H28N2/c1-26-12-8-10-18-34(26)37(29-15-6-3-7-16-29)31-24-33-32-17-9-11-19-35(32)38(36(33)25-31)30-22-20-28(21-23-30)27-13-4-2-5-14-27/h2-8,10-16,18-24H,9,17H2,1H3. The van der Waals surface area contributed by atoms with Crippen LogP contribution in [0.1, 0.15) is 23.2 Å². The van der Waals surface area contributed by atoms with Crippen LogP contribution < -0.4 is 15.5 Å². The highest BCUT2D eigenvalue weighted by molar-refractivity contribution is 5.81. The van der Waals surface area contributed by atoms with Crippen molar-refractivity contribution in [2.24, 2.45) is 0 Å². The summed E-state index contributed by atoms with van der Waals surface area (Å²) in [5.41, 5.74) is 14.8. The molecule has 0 unspecified atom stereocenters. The highest BCUT2D eigenvalue weighted by Crippen LogP contribution is 2.33. The van der Waals surface area contributed by atoms with Crippen LogP contribution in [0.4, 0.5) is 11.4 Å². The van der Waals surface area contributed by atoms with Crippen LogP contribution >= 0.6 is 0 Å².